The third-order valence-corrected chi connectivity index (χ3v) is 4.74. The number of anilines is 2. The Bertz CT molecular complexity index is 718. The van der Waals surface area contributed by atoms with Crippen molar-refractivity contribution in [3.05, 3.63) is 44.3 Å². The summed E-state index contributed by atoms with van der Waals surface area (Å²) in [6.45, 7) is 1.90. The number of nitrogens with zero attached hydrogens (tertiary/aromatic N) is 1. The van der Waals surface area contributed by atoms with Gasteiger partial charge in [0.15, 0.2) is 5.16 Å². The highest BCUT2D eigenvalue weighted by Gasteiger charge is 2.19. The normalized spacial score (nSPS) is 11.9. The molecule has 1 atom stereocenters. The van der Waals surface area contributed by atoms with Gasteiger partial charge in [-0.3, -0.25) is 9.59 Å². The number of hydrogen-bond acceptors (Lipinski definition) is 5. The number of carbonyl (C=O) groups excluding carboxylic acids is 1. The molecule has 0 radical (unpaired) electrons. The molecule has 2 aromatic rings. The maximum absolute atomic E-state index is 12.3. The predicted molar refractivity (Wildman–Crippen MR) is 97.0 cm³/mol. The summed E-state index contributed by atoms with van der Waals surface area (Å²) in [4.78, 5) is 30.3. The second kappa shape index (κ2) is 7.63. The average Bonchev–Trinajstić information content (AvgIpc) is 2.46. The number of hydrogen-bond donors (Lipinski definition) is 3. The van der Waals surface area contributed by atoms with Crippen molar-refractivity contribution in [3.63, 3.8) is 0 Å². The third kappa shape index (κ3) is 4.73. The molecule has 0 spiro atoms. The van der Waals surface area contributed by atoms with Crippen molar-refractivity contribution < 1.29 is 4.79 Å². The van der Waals surface area contributed by atoms with E-state index in [1.54, 1.807) is 0 Å². The highest BCUT2D eigenvalue weighted by atomic mass is 127. The van der Waals surface area contributed by atoms with Crippen LogP contribution < -0.4 is 16.6 Å². The van der Waals surface area contributed by atoms with E-state index in [-0.39, 0.29) is 22.5 Å². The Balaban J connectivity index is 2.08. The quantitative estimate of drug-likeness (QED) is 0.385. The van der Waals surface area contributed by atoms with Crippen LogP contribution in [0, 0.1) is 3.57 Å². The van der Waals surface area contributed by atoms with Crippen molar-refractivity contribution in [1.82, 2.24) is 9.97 Å². The molecule has 0 saturated heterocycles. The highest BCUT2D eigenvalue weighted by Crippen LogP contribution is 2.23. The Morgan fingerprint density at radius 2 is 2.14 bits per heavy atom. The first kappa shape index (κ1) is 16.8. The molecular weight excluding hydrogens is 415 g/mol. The van der Waals surface area contributed by atoms with Crippen molar-refractivity contribution >= 4 is 51.8 Å². The van der Waals surface area contributed by atoms with Gasteiger partial charge in [0.25, 0.3) is 5.56 Å². The first-order valence-electron chi connectivity index (χ1n) is 6.58. The van der Waals surface area contributed by atoms with E-state index >= 15 is 0 Å². The van der Waals surface area contributed by atoms with E-state index in [1.165, 1.54) is 17.8 Å². The largest absolute Gasteiger partial charge is 0.383 e. The van der Waals surface area contributed by atoms with Crippen LogP contribution in [-0.2, 0) is 4.79 Å². The molecule has 0 aliphatic rings. The summed E-state index contributed by atoms with van der Waals surface area (Å²) in [5.41, 5.74) is 5.95. The Labute approximate surface area is 145 Å². The molecule has 2 rings (SSSR count). The summed E-state index contributed by atoms with van der Waals surface area (Å²) < 4.78 is 1.10. The minimum absolute atomic E-state index is 0.138. The minimum atomic E-state index is -0.371. The van der Waals surface area contributed by atoms with E-state index in [1.807, 2.05) is 31.2 Å². The van der Waals surface area contributed by atoms with Crippen molar-refractivity contribution in [2.75, 3.05) is 11.1 Å². The van der Waals surface area contributed by atoms with Crippen LogP contribution in [0.25, 0.3) is 0 Å². The maximum atomic E-state index is 12.3. The molecule has 0 saturated carbocycles. The number of aromatic nitrogens is 2. The summed E-state index contributed by atoms with van der Waals surface area (Å²) in [6.07, 6.45) is 0.597. The molecule has 8 heteroatoms. The molecule has 1 aromatic heterocycles. The van der Waals surface area contributed by atoms with E-state index in [4.69, 9.17) is 5.73 Å². The lowest BCUT2D eigenvalue weighted by molar-refractivity contribution is -0.115. The first-order chi connectivity index (χ1) is 10.5. The van der Waals surface area contributed by atoms with E-state index in [0.29, 0.717) is 11.6 Å². The minimum Gasteiger partial charge on any atom is -0.383 e. The summed E-state index contributed by atoms with van der Waals surface area (Å²) in [5, 5.41) is 2.83. The van der Waals surface area contributed by atoms with Crippen LogP contribution in [0.1, 0.15) is 13.3 Å². The van der Waals surface area contributed by atoms with Crippen LogP contribution in [0.3, 0.4) is 0 Å². The van der Waals surface area contributed by atoms with Gasteiger partial charge in [-0.2, -0.15) is 0 Å². The van der Waals surface area contributed by atoms with Gasteiger partial charge < -0.3 is 16.0 Å². The van der Waals surface area contributed by atoms with Crippen LogP contribution in [0.4, 0.5) is 11.5 Å². The number of benzene rings is 1. The predicted octanol–water partition coefficient (Wildman–Crippen LogP) is 2.47. The highest BCUT2D eigenvalue weighted by molar-refractivity contribution is 14.1. The van der Waals surface area contributed by atoms with Gasteiger partial charge in [0.05, 0.1) is 5.25 Å². The molecule has 0 aliphatic carbocycles. The molecule has 4 N–H and O–H groups in total. The fourth-order valence-corrected chi connectivity index (χ4v) is 3.00. The molecule has 0 bridgehead atoms. The van der Waals surface area contributed by atoms with Gasteiger partial charge in [-0.15, -0.1) is 0 Å². The van der Waals surface area contributed by atoms with Crippen LogP contribution in [0.15, 0.2) is 40.3 Å². The topological polar surface area (TPSA) is 101 Å². The molecule has 1 unspecified atom stereocenters. The number of thioether (sulfide) groups is 1. The number of amides is 1. The van der Waals surface area contributed by atoms with E-state index < -0.39 is 0 Å². The van der Waals surface area contributed by atoms with Crippen LogP contribution in [0.5, 0.6) is 0 Å². The zero-order chi connectivity index (χ0) is 16.1. The van der Waals surface area contributed by atoms with E-state index in [2.05, 4.69) is 37.9 Å². The number of halogens is 1. The summed E-state index contributed by atoms with van der Waals surface area (Å²) in [7, 11) is 0. The standard InChI is InChI=1S/C14H15IN4O2S/c1-2-10(22-14-18-11(16)7-12(20)19-14)13(21)17-9-5-3-8(15)4-6-9/h3-7,10H,2H2,1H3,(H,17,21)(H3,16,18,19,20). The van der Waals surface area contributed by atoms with Gasteiger partial charge in [0, 0.05) is 15.3 Å². The Morgan fingerprint density at radius 3 is 2.73 bits per heavy atom. The van der Waals surface area contributed by atoms with Crippen LogP contribution in [0.2, 0.25) is 0 Å². The molecule has 6 nitrogen and oxygen atoms in total. The van der Waals surface area contributed by atoms with E-state index in [0.717, 1.165) is 9.26 Å². The Kier molecular flexibility index (Phi) is 5.83. The number of nitrogens with one attached hydrogen (secondary N) is 2. The summed E-state index contributed by atoms with van der Waals surface area (Å²) in [6, 6.07) is 8.73. The van der Waals surface area contributed by atoms with Crippen molar-refractivity contribution in [2.24, 2.45) is 0 Å². The Hall–Kier alpha value is -1.55. The lowest BCUT2D eigenvalue weighted by Crippen LogP contribution is -2.25. The van der Waals surface area contributed by atoms with Gasteiger partial charge in [-0.25, -0.2) is 4.98 Å². The van der Waals surface area contributed by atoms with E-state index in [9.17, 15) is 9.59 Å². The van der Waals surface area contributed by atoms with Gasteiger partial charge in [0.2, 0.25) is 5.91 Å². The average molecular weight is 430 g/mol. The number of aromatic amines is 1. The first-order valence-corrected chi connectivity index (χ1v) is 8.53. The van der Waals surface area contributed by atoms with Gasteiger partial charge in [-0.1, -0.05) is 18.7 Å². The van der Waals surface area contributed by atoms with Crippen molar-refractivity contribution in [3.8, 4) is 0 Å². The summed E-state index contributed by atoms with van der Waals surface area (Å²) >= 11 is 3.39. The summed E-state index contributed by atoms with van der Waals surface area (Å²) in [5.74, 6) is -0.00192. The van der Waals surface area contributed by atoms with Crippen molar-refractivity contribution in [1.29, 1.82) is 0 Å². The van der Waals surface area contributed by atoms with Crippen LogP contribution >= 0.6 is 34.4 Å². The lowest BCUT2D eigenvalue weighted by Gasteiger charge is -2.14. The van der Waals surface area contributed by atoms with Crippen LogP contribution in [-0.4, -0.2) is 21.1 Å². The SMILES string of the molecule is CCC(Sc1nc(N)cc(=O)[nH]1)C(=O)Nc1ccc(I)cc1. The number of carbonyl (C=O) groups is 1. The van der Waals surface area contributed by atoms with Gasteiger partial charge in [0.1, 0.15) is 5.82 Å². The third-order valence-electron chi connectivity index (χ3n) is 2.77. The zero-order valence-electron chi connectivity index (χ0n) is 11.8. The fourth-order valence-electron chi connectivity index (χ4n) is 1.72. The molecule has 1 aromatic carbocycles. The number of H-pyrrole nitrogens is 1. The fraction of sp³-hybridized carbons (Fsp3) is 0.214. The molecule has 1 heterocycles. The number of rotatable bonds is 5. The number of nitrogens with two attached hydrogens (primary N) is 1. The molecule has 116 valence electrons. The van der Waals surface area contributed by atoms with Gasteiger partial charge in [-0.05, 0) is 53.3 Å². The lowest BCUT2D eigenvalue weighted by atomic mass is 10.3. The second-order valence-corrected chi connectivity index (χ2v) is 6.92. The molecule has 0 aliphatic heterocycles. The van der Waals surface area contributed by atoms with Crippen molar-refractivity contribution in [2.45, 2.75) is 23.8 Å². The molecule has 1 amide bonds. The smallest absolute Gasteiger partial charge is 0.253 e. The molecule has 0 fully saturated rings. The molecule has 22 heavy (non-hydrogen) atoms. The Morgan fingerprint density at radius 1 is 1.45 bits per heavy atom. The maximum Gasteiger partial charge on any atom is 0.253 e. The molecular formula is C14H15IN4O2S. The second-order valence-electron chi connectivity index (χ2n) is 4.49. The number of nitrogen functional groups attached to an aromatic ring is 1. The van der Waals surface area contributed by atoms with Gasteiger partial charge >= 0.3 is 0 Å². The zero-order valence-corrected chi connectivity index (χ0v) is 14.8. The monoisotopic (exact) mass is 430 g/mol.